The summed E-state index contributed by atoms with van der Waals surface area (Å²) in [5, 5.41) is 1.65. The molecule has 15 heavy (non-hydrogen) atoms. The standard InChI is InChI=1S/C11H12ClN3/c1-6(13)11-9-4-3-8(12)5-10(9)14-7(2)15-11/h3-6H,13H2,1-2H3. The fourth-order valence-corrected chi connectivity index (χ4v) is 1.76. The maximum atomic E-state index is 5.91. The van der Waals surface area contributed by atoms with E-state index in [1.807, 2.05) is 32.0 Å². The number of halogens is 1. The first-order chi connectivity index (χ1) is 7.08. The fraction of sp³-hybridized carbons (Fsp3) is 0.273. The van der Waals surface area contributed by atoms with Crippen LogP contribution in [0.5, 0.6) is 0 Å². The van der Waals surface area contributed by atoms with Crippen molar-refractivity contribution in [2.45, 2.75) is 19.9 Å². The summed E-state index contributed by atoms with van der Waals surface area (Å²) in [6.07, 6.45) is 0. The van der Waals surface area contributed by atoms with Crippen molar-refractivity contribution in [3.63, 3.8) is 0 Å². The molecule has 4 heteroatoms. The molecule has 3 nitrogen and oxygen atoms in total. The Morgan fingerprint density at radius 2 is 2.07 bits per heavy atom. The molecule has 1 heterocycles. The van der Waals surface area contributed by atoms with Crippen LogP contribution in [0.15, 0.2) is 18.2 Å². The largest absolute Gasteiger partial charge is 0.323 e. The van der Waals surface area contributed by atoms with Crippen LogP contribution in [0.1, 0.15) is 24.5 Å². The van der Waals surface area contributed by atoms with E-state index >= 15 is 0 Å². The smallest absolute Gasteiger partial charge is 0.126 e. The van der Waals surface area contributed by atoms with Crippen molar-refractivity contribution in [3.05, 3.63) is 34.7 Å². The first kappa shape index (κ1) is 10.3. The van der Waals surface area contributed by atoms with Gasteiger partial charge in [-0.25, -0.2) is 9.97 Å². The van der Waals surface area contributed by atoms with Crippen LogP contribution in [-0.4, -0.2) is 9.97 Å². The van der Waals surface area contributed by atoms with Crippen molar-refractivity contribution in [1.82, 2.24) is 9.97 Å². The molecule has 0 saturated carbocycles. The van der Waals surface area contributed by atoms with Crippen molar-refractivity contribution in [2.75, 3.05) is 0 Å². The Bertz CT molecular complexity index is 503. The second-order valence-corrected chi connectivity index (χ2v) is 4.04. The predicted octanol–water partition coefficient (Wildman–Crippen LogP) is 2.61. The Morgan fingerprint density at radius 3 is 2.73 bits per heavy atom. The van der Waals surface area contributed by atoms with Gasteiger partial charge in [-0.1, -0.05) is 11.6 Å². The zero-order valence-electron chi connectivity index (χ0n) is 8.66. The lowest BCUT2D eigenvalue weighted by Gasteiger charge is -2.09. The molecule has 2 aromatic rings. The number of benzene rings is 1. The van der Waals surface area contributed by atoms with Crippen molar-refractivity contribution in [2.24, 2.45) is 5.73 Å². The topological polar surface area (TPSA) is 51.8 Å². The van der Waals surface area contributed by atoms with Gasteiger partial charge in [0.25, 0.3) is 0 Å². The molecule has 0 radical (unpaired) electrons. The van der Waals surface area contributed by atoms with Crippen LogP contribution in [0.25, 0.3) is 10.9 Å². The van der Waals surface area contributed by atoms with Gasteiger partial charge in [0.15, 0.2) is 0 Å². The average Bonchev–Trinajstić information content (AvgIpc) is 2.15. The molecule has 1 aromatic carbocycles. The molecule has 1 atom stereocenters. The number of aryl methyl sites for hydroxylation is 1. The van der Waals surface area contributed by atoms with Gasteiger partial charge in [-0.2, -0.15) is 0 Å². The van der Waals surface area contributed by atoms with E-state index in [1.165, 1.54) is 0 Å². The number of nitrogens with two attached hydrogens (primary N) is 1. The SMILES string of the molecule is Cc1nc(C(C)N)c2ccc(Cl)cc2n1. The summed E-state index contributed by atoms with van der Waals surface area (Å²) in [5.41, 5.74) is 7.58. The summed E-state index contributed by atoms with van der Waals surface area (Å²) in [6.45, 7) is 3.77. The molecule has 2 rings (SSSR count). The summed E-state index contributed by atoms with van der Waals surface area (Å²) in [4.78, 5) is 8.68. The summed E-state index contributed by atoms with van der Waals surface area (Å²) in [5.74, 6) is 0.720. The van der Waals surface area contributed by atoms with Gasteiger partial charge in [-0.05, 0) is 32.0 Å². The third-order valence-electron chi connectivity index (χ3n) is 2.23. The minimum absolute atomic E-state index is 0.102. The van der Waals surface area contributed by atoms with Gasteiger partial charge in [-0.3, -0.25) is 0 Å². The molecule has 1 unspecified atom stereocenters. The van der Waals surface area contributed by atoms with Gasteiger partial charge < -0.3 is 5.73 Å². The Morgan fingerprint density at radius 1 is 1.33 bits per heavy atom. The molecule has 0 amide bonds. The number of hydrogen-bond acceptors (Lipinski definition) is 3. The maximum absolute atomic E-state index is 5.91. The average molecular weight is 222 g/mol. The lowest BCUT2D eigenvalue weighted by molar-refractivity contribution is 0.779. The highest BCUT2D eigenvalue weighted by atomic mass is 35.5. The molecule has 0 fully saturated rings. The number of nitrogens with zero attached hydrogens (tertiary/aromatic N) is 2. The van der Waals surface area contributed by atoms with Gasteiger partial charge in [0.05, 0.1) is 11.2 Å². The lowest BCUT2D eigenvalue weighted by atomic mass is 10.1. The molecule has 0 spiro atoms. The van der Waals surface area contributed by atoms with E-state index < -0.39 is 0 Å². The van der Waals surface area contributed by atoms with Crippen LogP contribution in [-0.2, 0) is 0 Å². The third-order valence-corrected chi connectivity index (χ3v) is 2.47. The summed E-state index contributed by atoms with van der Waals surface area (Å²) in [6, 6.07) is 5.47. The summed E-state index contributed by atoms with van der Waals surface area (Å²) in [7, 11) is 0. The summed E-state index contributed by atoms with van der Waals surface area (Å²) < 4.78 is 0. The molecular weight excluding hydrogens is 210 g/mol. The molecule has 78 valence electrons. The van der Waals surface area contributed by atoms with E-state index in [0.29, 0.717) is 5.02 Å². The second-order valence-electron chi connectivity index (χ2n) is 3.61. The number of hydrogen-bond donors (Lipinski definition) is 1. The minimum atomic E-state index is -0.102. The predicted molar refractivity (Wildman–Crippen MR) is 61.9 cm³/mol. The van der Waals surface area contributed by atoms with Gasteiger partial charge >= 0.3 is 0 Å². The van der Waals surface area contributed by atoms with Crippen LogP contribution >= 0.6 is 11.6 Å². The normalized spacial score (nSPS) is 13.1. The number of aromatic nitrogens is 2. The van der Waals surface area contributed by atoms with Crippen LogP contribution in [0.3, 0.4) is 0 Å². The first-order valence-corrected chi connectivity index (χ1v) is 5.15. The van der Waals surface area contributed by atoms with Gasteiger partial charge in [0, 0.05) is 16.5 Å². The van der Waals surface area contributed by atoms with E-state index in [0.717, 1.165) is 22.4 Å². The van der Waals surface area contributed by atoms with E-state index in [9.17, 15) is 0 Å². The fourth-order valence-electron chi connectivity index (χ4n) is 1.59. The van der Waals surface area contributed by atoms with Crippen molar-refractivity contribution in [1.29, 1.82) is 0 Å². The van der Waals surface area contributed by atoms with Crippen LogP contribution in [0.2, 0.25) is 5.02 Å². The zero-order chi connectivity index (χ0) is 11.0. The molecule has 0 aliphatic carbocycles. The van der Waals surface area contributed by atoms with Crippen LogP contribution in [0, 0.1) is 6.92 Å². The van der Waals surface area contributed by atoms with Gasteiger partial charge in [-0.15, -0.1) is 0 Å². The Labute approximate surface area is 93.3 Å². The van der Waals surface area contributed by atoms with Crippen LogP contribution in [0.4, 0.5) is 0 Å². The van der Waals surface area contributed by atoms with E-state index in [4.69, 9.17) is 17.3 Å². The monoisotopic (exact) mass is 221 g/mol. The number of rotatable bonds is 1. The zero-order valence-corrected chi connectivity index (χ0v) is 9.42. The molecule has 0 aliphatic rings. The van der Waals surface area contributed by atoms with E-state index in [1.54, 1.807) is 0 Å². The minimum Gasteiger partial charge on any atom is -0.323 e. The Balaban J connectivity index is 2.80. The molecule has 0 aliphatic heterocycles. The Hall–Kier alpha value is -1.19. The molecule has 1 aromatic heterocycles. The second kappa shape index (κ2) is 3.76. The van der Waals surface area contributed by atoms with Gasteiger partial charge in [0.1, 0.15) is 5.82 Å². The Kier molecular flexibility index (Phi) is 2.59. The van der Waals surface area contributed by atoms with Crippen molar-refractivity contribution >= 4 is 22.5 Å². The van der Waals surface area contributed by atoms with Crippen molar-refractivity contribution < 1.29 is 0 Å². The molecule has 0 bridgehead atoms. The van der Waals surface area contributed by atoms with E-state index in [2.05, 4.69) is 9.97 Å². The molecule has 0 saturated heterocycles. The van der Waals surface area contributed by atoms with Crippen LogP contribution < -0.4 is 5.73 Å². The van der Waals surface area contributed by atoms with Gasteiger partial charge in [0.2, 0.25) is 0 Å². The molecule has 2 N–H and O–H groups in total. The maximum Gasteiger partial charge on any atom is 0.126 e. The highest BCUT2D eigenvalue weighted by molar-refractivity contribution is 6.31. The quantitative estimate of drug-likeness (QED) is 0.806. The third kappa shape index (κ3) is 1.94. The van der Waals surface area contributed by atoms with E-state index in [-0.39, 0.29) is 6.04 Å². The highest BCUT2D eigenvalue weighted by Gasteiger charge is 2.09. The number of fused-ring (bicyclic) bond motifs is 1. The summed E-state index contributed by atoms with van der Waals surface area (Å²) >= 11 is 5.91. The lowest BCUT2D eigenvalue weighted by Crippen LogP contribution is -2.09. The highest BCUT2D eigenvalue weighted by Crippen LogP contribution is 2.23. The molecular formula is C11H12ClN3. The first-order valence-electron chi connectivity index (χ1n) is 4.77. The van der Waals surface area contributed by atoms with Crippen molar-refractivity contribution in [3.8, 4) is 0 Å².